The van der Waals surface area contributed by atoms with Crippen molar-refractivity contribution in [2.24, 2.45) is 5.92 Å². The molecule has 1 unspecified atom stereocenters. The normalized spacial score (nSPS) is 23.2. The molecule has 0 radical (unpaired) electrons. The monoisotopic (exact) mass is 559 g/mol. The molecule has 2 aliphatic rings. The van der Waals surface area contributed by atoms with Gasteiger partial charge in [0, 0.05) is 42.9 Å². The Balaban J connectivity index is 1.48. The Labute approximate surface area is 233 Å². The number of aromatic nitrogens is 4. The first-order chi connectivity index (χ1) is 19.1. The molecule has 1 aliphatic heterocycles. The molecule has 3 aromatic rings. The second-order valence-electron chi connectivity index (χ2n) is 11.7. The molecule has 40 heavy (non-hydrogen) atoms. The number of fused-ring (bicyclic) bond motifs is 1. The summed E-state index contributed by atoms with van der Waals surface area (Å²) in [6.07, 6.45) is 6.62. The van der Waals surface area contributed by atoms with Crippen LogP contribution in [0.15, 0.2) is 30.6 Å². The number of nitrogens with zero attached hydrogens (tertiary/aromatic N) is 5. The van der Waals surface area contributed by atoms with Gasteiger partial charge in [-0.1, -0.05) is 6.92 Å². The maximum Gasteiger partial charge on any atom is 0.345 e. The molecule has 5 rings (SSSR count). The number of pyridine rings is 1. The van der Waals surface area contributed by atoms with Gasteiger partial charge in [-0.2, -0.15) is 13.9 Å². The Morgan fingerprint density at radius 3 is 2.67 bits per heavy atom. The Morgan fingerprint density at radius 2 is 1.95 bits per heavy atom. The van der Waals surface area contributed by atoms with Crippen molar-refractivity contribution in [1.29, 1.82) is 0 Å². The van der Waals surface area contributed by atoms with Crippen molar-refractivity contribution >= 4 is 11.3 Å². The average molecular weight is 560 g/mol. The van der Waals surface area contributed by atoms with E-state index in [0.29, 0.717) is 31.9 Å². The minimum absolute atomic E-state index is 0.0704. The highest BCUT2D eigenvalue weighted by Gasteiger charge is 2.33. The van der Waals surface area contributed by atoms with Crippen molar-refractivity contribution in [3.05, 3.63) is 42.1 Å². The van der Waals surface area contributed by atoms with Crippen LogP contribution in [0.25, 0.3) is 16.6 Å². The maximum absolute atomic E-state index is 12.5. The first-order valence-corrected chi connectivity index (χ1v) is 14.1. The van der Waals surface area contributed by atoms with Gasteiger partial charge < -0.3 is 24.6 Å². The summed E-state index contributed by atoms with van der Waals surface area (Å²) < 4.78 is 37.3. The van der Waals surface area contributed by atoms with Gasteiger partial charge >= 0.3 is 6.61 Å². The molecular weight excluding hydrogens is 520 g/mol. The van der Waals surface area contributed by atoms with Gasteiger partial charge in [-0.05, 0) is 69.2 Å². The van der Waals surface area contributed by atoms with Crippen molar-refractivity contribution in [1.82, 2.24) is 19.6 Å². The molecule has 0 spiro atoms. The molecule has 4 heterocycles. The van der Waals surface area contributed by atoms with Crippen LogP contribution in [0.1, 0.15) is 63.9 Å². The molecule has 2 N–H and O–H groups in total. The highest BCUT2D eigenvalue weighted by molar-refractivity contribution is 5.82. The zero-order chi connectivity index (χ0) is 28.4. The van der Waals surface area contributed by atoms with E-state index in [9.17, 15) is 19.0 Å². The van der Waals surface area contributed by atoms with Gasteiger partial charge in [0.15, 0.2) is 0 Å². The van der Waals surface area contributed by atoms with Crippen molar-refractivity contribution in [2.75, 3.05) is 31.2 Å². The molecule has 0 aromatic carbocycles. The van der Waals surface area contributed by atoms with Crippen LogP contribution >= 0.6 is 0 Å². The summed E-state index contributed by atoms with van der Waals surface area (Å²) in [5.74, 6) is 1.44. The summed E-state index contributed by atoms with van der Waals surface area (Å²) in [6, 6.07) is 6.19. The first-order valence-electron chi connectivity index (χ1n) is 14.1. The van der Waals surface area contributed by atoms with E-state index in [1.54, 1.807) is 26.2 Å². The Hall–Kier alpha value is -2.73. The molecule has 218 valence electrons. The van der Waals surface area contributed by atoms with E-state index < -0.39 is 12.2 Å². The number of alkyl halides is 2. The molecule has 1 saturated carbocycles. The van der Waals surface area contributed by atoms with Gasteiger partial charge in [-0.15, -0.1) is 0 Å². The fourth-order valence-corrected chi connectivity index (χ4v) is 5.69. The van der Waals surface area contributed by atoms with Gasteiger partial charge in [-0.3, -0.25) is 0 Å². The van der Waals surface area contributed by atoms with E-state index in [1.165, 1.54) is 0 Å². The van der Waals surface area contributed by atoms with E-state index >= 15 is 0 Å². The van der Waals surface area contributed by atoms with Gasteiger partial charge in [0.25, 0.3) is 0 Å². The summed E-state index contributed by atoms with van der Waals surface area (Å²) in [4.78, 5) is 11.4. The molecule has 11 heteroatoms. The van der Waals surface area contributed by atoms with E-state index in [4.69, 9.17) is 9.84 Å². The van der Waals surface area contributed by atoms with Crippen LogP contribution < -0.4 is 4.90 Å². The summed E-state index contributed by atoms with van der Waals surface area (Å²) >= 11 is 0. The molecule has 9 nitrogen and oxygen atoms in total. The van der Waals surface area contributed by atoms with E-state index in [-0.39, 0.29) is 30.7 Å². The largest absolute Gasteiger partial charge is 0.393 e. The fraction of sp³-hybridized carbons (Fsp3) is 0.621. The average Bonchev–Trinajstić information content (AvgIpc) is 3.31. The molecule has 1 saturated heterocycles. The third kappa shape index (κ3) is 6.59. The molecule has 2 atom stereocenters. The lowest BCUT2D eigenvalue weighted by Crippen LogP contribution is -2.52. The number of anilines is 1. The highest BCUT2D eigenvalue weighted by atomic mass is 19.3. The third-order valence-corrected chi connectivity index (χ3v) is 7.98. The zero-order valence-electron chi connectivity index (χ0n) is 23.3. The maximum atomic E-state index is 12.5. The van der Waals surface area contributed by atoms with Crippen LogP contribution in [0.4, 0.5) is 14.6 Å². The quantitative estimate of drug-likeness (QED) is 0.402. The lowest BCUT2D eigenvalue weighted by molar-refractivity contribution is -0.136. The second kappa shape index (κ2) is 12.0. The second-order valence-corrected chi connectivity index (χ2v) is 11.7. The summed E-state index contributed by atoms with van der Waals surface area (Å²) in [6.45, 7) is 4.20. The number of halogens is 2. The van der Waals surface area contributed by atoms with Crippen LogP contribution in [0.2, 0.25) is 0 Å². The Kier molecular flexibility index (Phi) is 8.65. The van der Waals surface area contributed by atoms with E-state index in [0.717, 1.165) is 53.8 Å². The number of morpholine rings is 1. The molecule has 0 bridgehead atoms. The lowest BCUT2D eigenvalue weighted by atomic mass is 9.85. The van der Waals surface area contributed by atoms with Gasteiger partial charge in [0.2, 0.25) is 0 Å². The van der Waals surface area contributed by atoms with Crippen LogP contribution in [-0.4, -0.2) is 80.5 Å². The van der Waals surface area contributed by atoms with Crippen LogP contribution in [0.3, 0.4) is 0 Å². The van der Waals surface area contributed by atoms with Crippen molar-refractivity contribution in [2.45, 2.75) is 83.2 Å². The number of aliphatic hydroxyl groups is 2. The Morgan fingerprint density at radius 1 is 1.18 bits per heavy atom. The molecule has 2 fully saturated rings. The topological polar surface area (TPSA) is 105 Å². The predicted molar refractivity (Wildman–Crippen MR) is 147 cm³/mol. The van der Waals surface area contributed by atoms with E-state index in [2.05, 4.69) is 25.7 Å². The van der Waals surface area contributed by atoms with Crippen LogP contribution in [0.5, 0.6) is 0 Å². The van der Waals surface area contributed by atoms with Gasteiger partial charge in [0.1, 0.15) is 17.7 Å². The smallest absolute Gasteiger partial charge is 0.345 e. The molecule has 3 aromatic heterocycles. The first kappa shape index (κ1) is 28.8. The summed E-state index contributed by atoms with van der Waals surface area (Å²) in [7, 11) is 0. The number of ether oxygens (including phenoxy) is 2. The summed E-state index contributed by atoms with van der Waals surface area (Å²) in [5.41, 5.74) is 2.91. The molecule has 1 aliphatic carbocycles. The van der Waals surface area contributed by atoms with E-state index in [1.807, 2.05) is 23.6 Å². The van der Waals surface area contributed by atoms with Gasteiger partial charge in [-0.25, -0.2) is 14.5 Å². The molecular formula is C29H39F2N5O4. The van der Waals surface area contributed by atoms with Crippen molar-refractivity contribution < 1.29 is 28.5 Å². The standard InChI is InChI=1S/C29H39F2N5O4/c1-18(17-40-28(30)31)12-26-33-15-24-22(14-23(36(24)34-26)19-4-6-21(37)7-5-19)20-8-9-32-27(13-20)35-10-11-39-25(16-35)29(2,3)38/h8-9,13-15,18-19,21,25,28,37-38H,4-7,10-12,16-17H2,1-3H3/t18-,19?,21?,25?/m1/s1. The number of hydrogen-bond donors (Lipinski definition) is 2. The van der Waals surface area contributed by atoms with Crippen LogP contribution in [-0.2, 0) is 15.9 Å². The third-order valence-electron chi connectivity index (χ3n) is 7.98. The number of hydrogen-bond acceptors (Lipinski definition) is 8. The predicted octanol–water partition coefficient (Wildman–Crippen LogP) is 4.20. The molecule has 0 amide bonds. The lowest BCUT2D eigenvalue weighted by Gasteiger charge is -2.39. The van der Waals surface area contributed by atoms with Crippen LogP contribution in [0, 0.1) is 5.92 Å². The Bertz CT molecular complexity index is 1290. The van der Waals surface area contributed by atoms with Crippen molar-refractivity contribution in [3.63, 3.8) is 0 Å². The number of rotatable bonds is 9. The highest BCUT2D eigenvalue weighted by Crippen LogP contribution is 2.38. The minimum Gasteiger partial charge on any atom is -0.393 e. The van der Waals surface area contributed by atoms with Gasteiger partial charge in [0.05, 0.1) is 36.6 Å². The fourth-order valence-electron chi connectivity index (χ4n) is 5.69. The SMILES string of the molecule is C[C@@H](COC(F)F)Cc1ncc2c(-c3ccnc(N4CCOC(C(C)(C)O)C4)c3)cc(C3CCC(O)CC3)n2n1. The number of aliphatic hydroxyl groups excluding tert-OH is 1. The van der Waals surface area contributed by atoms with Crippen molar-refractivity contribution in [3.8, 4) is 11.1 Å². The zero-order valence-corrected chi connectivity index (χ0v) is 23.3. The minimum atomic E-state index is -2.80. The summed E-state index contributed by atoms with van der Waals surface area (Å²) in [5, 5.41) is 25.4.